The van der Waals surface area contributed by atoms with Gasteiger partial charge < -0.3 is 5.32 Å². The first kappa shape index (κ1) is 13.8. The highest BCUT2D eigenvalue weighted by atomic mass is 32.2. The van der Waals surface area contributed by atoms with Crippen molar-refractivity contribution in [3.63, 3.8) is 0 Å². The third kappa shape index (κ3) is 2.26. The van der Waals surface area contributed by atoms with Gasteiger partial charge in [0.2, 0.25) is 0 Å². The van der Waals surface area contributed by atoms with Crippen molar-refractivity contribution in [1.82, 2.24) is 5.32 Å². The molecule has 0 aromatic heterocycles. The van der Waals surface area contributed by atoms with E-state index >= 15 is 0 Å². The molecule has 100 valence electrons. The van der Waals surface area contributed by atoms with Crippen LogP contribution in [0.4, 0.5) is 0 Å². The monoisotopic (exact) mass is 265 g/mol. The van der Waals surface area contributed by atoms with E-state index in [2.05, 4.69) is 45.1 Å². The zero-order valence-corrected chi connectivity index (χ0v) is 12.6. The van der Waals surface area contributed by atoms with E-state index in [0.29, 0.717) is 0 Å². The Morgan fingerprint density at radius 1 is 1.28 bits per heavy atom. The quantitative estimate of drug-likeness (QED) is 0.905. The van der Waals surface area contributed by atoms with Crippen LogP contribution in [0.5, 0.6) is 0 Å². The van der Waals surface area contributed by atoms with Gasteiger partial charge >= 0.3 is 0 Å². The molecular weight excluding hydrogens is 242 g/mol. The Morgan fingerprint density at radius 3 is 2.61 bits per heavy atom. The number of benzene rings is 1. The second-order valence-electron chi connectivity index (χ2n) is 5.18. The molecule has 1 aromatic rings. The second-order valence-corrected chi connectivity index (χ2v) is 6.78. The zero-order chi connectivity index (χ0) is 13.3. The number of rotatable bonds is 4. The fourth-order valence-corrected chi connectivity index (χ4v) is 4.79. The molecule has 1 aromatic carbocycles. The van der Waals surface area contributed by atoms with Crippen molar-refractivity contribution in [2.45, 2.75) is 56.7 Å². The van der Waals surface area contributed by atoms with Crippen molar-refractivity contribution in [2.75, 3.05) is 6.54 Å². The van der Waals surface area contributed by atoms with Crippen LogP contribution in [-0.2, 0) is 10.8 Å². The van der Waals surface area contributed by atoms with Gasteiger partial charge in [-0.05, 0) is 44.4 Å². The summed E-state index contributed by atoms with van der Waals surface area (Å²) in [6.45, 7) is 9.50. The largest absolute Gasteiger partial charge is 0.309 e. The summed E-state index contributed by atoms with van der Waals surface area (Å²) in [5.74, 6) is 0. The van der Waals surface area contributed by atoms with Crippen molar-refractivity contribution in [1.29, 1.82) is 0 Å². The van der Waals surface area contributed by atoms with Gasteiger partial charge in [0.1, 0.15) is 0 Å². The lowest BCUT2D eigenvalue weighted by Crippen LogP contribution is -2.30. The van der Waals surface area contributed by atoms with Crippen LogP contribution in [0.15, 0.2) is 17.0 Å². The van der Waals surface area contributed by atoms with Gasteiger partial charge in [-0.15, -0.1) is 0 Å². The molecule has 3 heteroatoms. The highest BCUT2D eigenvalue weighted by molar-refractivity contribution is 7.86. The van der Waals surface area contributed by atoms with Crippen LogP contribution in [0.3, 0.4) is 0 Å². The van der Waals surface area contributed by atoms with Crippen molar-refractivity contribution in [3.8, 4) is 0 Å². The Bertz CT molecular complexity index is 470. The molecular formula is C15H23NOS. The van der Waals surface area contributed by atoms with E-state index in [9.17, 15) is 4.21 Å². The van der Waals surface area contributed by atoms with E-state index in [4.69, 9.17) is 0 Å². The molecule has 0 spiro atoms. The molecule has 1 aliphatic heterocycles. The van der Waals surface area contributed by atoms with E-state index in [0.717, 1.165) is 24.3 Å². The SMILES string of the molecule is CCCNC1c2cc(C)cc(C)c2S(=O)C1CC. The van der Waals surface area contributed by atoms with Gasteiger partial charge in [0.25, 0.3) is 0 Å². The Hall–Kier alpha value is -0.670. The smallest absolute Gasteiger partial charge is 0.0587 e. The fraction of sp³-hybridized carbons (Fsp3) is 0.600. The minimum atomic E-state index is -0.851. The van der Waals surface area contributed by atoms with Crippen LogP contribution < -0.4 is 5.32 Å². The van der Waals surface area contributed by atoms with Crippen molar-refractivity contribution in [2.24, 2.45) is 0 Å². The van der Waals surface area contributed by atoms with Gasteiger partial charge in [0, 0.05) is 10.9 Å². The third-order valence-corrected chi connectivity index (χ3v) is 5.76. The van der Waals surface area contributed by atoms with E-state index < -0.39 is 10.8 Å². The lowest BCUT2D eigenvalue weighted by Gasteiger charge is -2.19. The lowest BCUT2D eigenvalue weighted by molar-refractivity contribution is 0.504. The van der Waals surface area contributed by atoms with E-state index in [1.165, 1.54) is 16.7 Å². The minimum absolute atomic E-state index is 0.229. The van der Waals surface area contributed by atoms with Gasteiger partial charge in [0.15, 0.2) is 0 Å². The molecule has 0 saturated heterocycles. The molecule has 3 atom stereocenters. The summed E-state index contributed by atoms with van der Waals surface area (Å²) in [6.07, 6.45) is 2.07. The summed E-state index contributed by atoms with van der Waals surface area (Å²) in [5, 5.41) is 3.81. The molecule has 0 amide bonds. The summed E-state index contributed by atoms with van der Waals surface area (Å²) >= 11 is 0. The molecule has 0 radical (unpaired) electrons. The fourth-order valence-electron chi connectivity index (χ4n) is 2.90. The highest BCUT2D eigenvalue weighted by Gasteiger charge is 2.38. The second kappa shape index (κ2) is 5.54. The number of nitrogens with one attached hydrogen (secondary N) is 1. The number of hydrogen-bond donors (Lipinski definition) is 1. The molecule has 1 heterocycles. The van der Waals surface area contributed by atoms with Gasteiger partial charge in [-0.3, -0.25) is 4.21 Å². The van der Waals surface area contributed by atoms with Crippen molar-refractivity contribution in [3.05, 3.63) is 28.8 Å². The number of aryl methyl sites for hydroxylation is 2. The van der Waals surface area contributed by atoms with E-state index in [-0.39, 0.29) is 11.3 Å². The van der Waals surface area contributed by atoms with Gasteiger partial charge in [0.05, 0.1) is 16.0 Å². The molecule has 3 unspecified atom stereocenters. The summed E-state index contributed by atoms with van der Waals surface area (Å²) in [4.78, 5) is 1.08. The maximum Gasteiger partial charge on any atom is 0.0587 e. The topological polar surface area (TPSA) is 29.1 Å². The third-order valence-electron chi connectivity index (χ3n) is 3.65. The zero-order valence-electron chi connectivity index (χ0n) is 11.7. The number of hydrogen-bond acceptors (Lipinski definition) is 2. The first-order valence-corrected chi connectivity index (χ1v) is 8.06. The maximum absolute atomic E-state index is 12.6. The highest BCUT2D eigenvalue weighted by Crippen LogP contribution is 2.40. The first-order chi connectivity index (χ1) is 8.60. The molecule has 2 nitrogen and oxygen atoms in total. The van der Waals surface area contributed by atoms with Gasteiger partial charge in [-0.1, -0.05) is 31.5 Å². The Morgan fingerprint density at radius 2 is 2.00 bits per heavy atom. The lowest BCUT2D eigenvalue weighted by atomic mass is 9.98. The van der Waals surface area contributed by atoms with Crippen LogP contribution in [-0.4, -0.2) is 16.0 Å². The van der Waals surface area contributed by atoms with Crippen LogP contribution >= 0.6 is 0 Å². The first-order valence-electron chi connectivity index (χ1n) is 6.85. The molecule has 2 rings (SSSR count). The molecule has 1 aliphatic rings. The molecule has 0 fully saturated rings. The van der Waals surface area contributed by atoms with Crippen LogP contribution in [0.25, 0.3) is 0 Å². The maximum atomic E-state index is 12.6. The van der Waals surface area contributed by atoms with Gasteiger partial charge in [-0.25, -0.2) is 0 Å². The standard InChI is InChI=1S/C15H23NOS/c1-5-7-16-14-12-9-10(3)8-11(4)15(12)18(17)13(14)6-2/h8-9,13-14,16H,5-7H2,1-4H3. The summed E-state index contributed by atoms with van der Waals surface area (Å²) < 4.78 is 12.6. The predicted octanol–water partition coefficient (Wildman–Crippen LogP) is 3.24. The molecule has 0 saturated carbocycles. The Kier molecular flexibility index (Phi) is 4.23. The summed E-state index contributed by atoms with van der Waals surface area (Å²) in [5.41, 5.74) is 3.72. The Labute approximate surface area is 113 Å². The Balaban J connectivity index is 2.46. The minimum Gasteiger partial charge on any atom is -0.309 e. The van der Waals surface area contributed by atoms with E-state index in [1.807, 2.05) is 0 Å². The average Bonchev–Trinajstić information content (AvgIpc) is 2.58. The normalized spacial score (nSPS) is 26.3. The summed E-state index contributed by atoms with van der Waals surface area (Å²) in [7, 11) is -0.851. The van der Waals surface area contributed by atoms with E-state index in [1.54, 1.807) is 0 Å². The molecule has 0 aliphatic carbocycles. The van der Waals surface area contributed by atoms with Crippen LogP contribution in [0.1, 0.15) is 49.4 Å². The average molecular weight is 265 g/mol. The number of fused-ring (bicyclic) bond motifs is 1. The molecule has 0 bridgehead atoms. The van der Waals surface area contributed by atoms with Crippen molar-refractivity contribution < 1.29 is 4.21 Å². The van der Waals surface area contributed by atoms with Gasteiger partial charge in [-0.2, -0.15) is 0 Å². The van der Waals surface area contributed by atoms with Crippen LogP contribution in [0, 0.1) is 13.8 Å². The summed E-state index contributed by atoms with van der Waals surface area (Å²) in [6, 6.07) is 4.62. The molecule has 1 N–H and O–H groups in total. The molecule has 18 heavy (non-hydrogen) atoms. The van der Waals surface area contributed by atoms with Crippen molar-refractivity contribution >= 4 is 10.8 Å². The predicted molar refractivity (Wildman–Crippen MR) is 77.4 cm³/mol. The van der Waals surface area contributed by atoms with Crippen LogP contribution in [0.2, 0.25) is 0 Å².